The highest BCUT2D eigenvalue weighted by Crippen LogP contribution is 2.29. The van der Waals surface area contributed by atoms with Gasteiger partial charge in [-0.25, -0.2) is 0 Å². The van der Waals surface area contributed by atoms with Gasteiger partial charge in [-0.2, -0.15) is 0 Å². The summed E-state index contributed by atoms with van der Waals surface area (Å²) >= 11 is 0. The van der Waals surface area contributed by atoms with Gasteiger partial charge in [0.15, 0.2) is 0 Å². The first kappa shape index (κ1) is 17.3. The second-order valence-electron chi connectivity index (χ2n) is 5.63. The number of ether oxygens (including phenoxy) is 1. The van der Waals surface area contributed by atoms with E-state index >= 15 is 0 Å². The molecular formula is C20H18N2O4. The summed E-state index contributed by atoms with van der Waals surface area (Å²) in [6.07, 6.45) is 3.27. The van der Waals surface area contributed by atoms with E-state index in [1.165, 1.54) is 18.2 Å². The third-order valence-corrected chi connectivity index (χ3v) is 4.01. The lowest BCUT2D eigenvalue weighted by molar-refractivity contribution is 0.0937. The summed E-state index contributed by atoms with van der Waals surface area (Å²) < 4.78 is 5.17. The van der Waals surface area contributed by atoms with Crippen molar-refractivity contribution in [2.45, 2.75) is 6.04 Å². The van der Waals surface area contributed by atoms with Gasteiger partial charge < -0.3 is 20.3 Å². The van der Waals surface area contributed by atoms with Crippen molar-refractivity contribution >= 4 is 5.91 Å². The maximum absolute atomic E-state index is 12.7. The average Bonchev–Trinajstić information content (AvgIpc) is 2.67. The zero-order valence-corrected chi connectivity index (χ0v) is 14.1. The third kappa shape index (κ3) is 3.59. The van der Waals surface area contributed by atoms with Gasteiger partial charge in [-0.05, 0) is 47.5 Å². The topological polar surface area (TPSA) is 91.7 Å². The number of carbonyl (C=O) groups excluding carboxylic acids is 1. The maximum Gasteiger partial charge on any atom is 0.259 e. The smallest absolute Gasteiger partial charge is 0.259 e. The number of rotatable bonds is 5. The Morgan fingerprint density at radius 1 is 0.962 bits per heavy atom. The van der Waals surface area contributed by atoms with Crippen molar-refractivity contribution in [1.29, 1.82) is 0 Å². The number of phenolic OH excluding ortho intramolecular Hbond substituents is 2. The number of benzene rings is 2. The first-order valence-corrected chi connectivity index (χ1v) is 7.96. The Morgan fingerprint density at radius 2 is 1.54 bits per heavy atom. The standard InChI is InChI=1S/C20H18N2O4/c1-26-15-7-5-13(6-8-15)19(14-9-11-21-12-10-14)22-20(25)18-16(23)3-2-4-17(18)24/h2-12,19,23-24H,1H3,(H,22,25)/t19-/m0/s1. The number of aromatic nitrogens is 1. The molecule has 3 N–H and O–H groups in total. The molecule has 0 aliphatic heterocycles. The van der Waals surface area contributed by atoms with Crippen LogP contribution in [0.5, 0.6) is 17.2 Å². The van der Waals surface area contributed by atoms with Gasteiger partial charge in [0.1, 0.15) is 22.8 Å². The lowest BCUT2D eigenvalue weighted by Gasteiger charge is -2.20. The summed E-state index contributed by atoms with van der Waals surface area (Å²) in [6, 6.07) is 14.5. The molecule has 1 amide bonds. The summed E-state index contributed by atoms with van der Waals surface area (Å²) in [5.41, 5.74) is 1.47. The van der Waals surface area contributed by atoms with Gasteiger partial charge in [0, 0.05) is 12.4 Å². The second-order valence-corrected chi connectivity index (χ2v) is 5.63. The van der Waals surface area contributed by atoms with Crippen LogP contribution in [0.25, 0.3) is 0 Å². The van der Waals surface area contributed by atoms with Crippen LogP contribution in [0.15, 0.2) is 67.0 Å². The molecule has 0 radical (unpaired) electrons. The van der Waals surface area contributed by atoms with Gasteiger partial charge in [-0.15, -0.1) is 0 Å². The molecule has 0 unspecified atom stereocenters. The van der Waals surface area contributed by atoms with E-state index < -0.39 is 11.9 Å². The summed E-state index contributed by atoms with van der Waals surface area (Å²) in [5, 5.41) is 22.7. The Morgan fingerprint density at radius 3 is 2.12 bits per heavy atom. The lowest BCUT2D eigenvalue weighted by Crippen LogP contribution is -2.29. The molecular weight excluding hydrogens is 332 g/mol. The largest absolute Gasteiger partial charge is 0.507 e. The number of phenols is 2. The predicted octanol–water partition coefficient (Wildman–Crippen LogP) is 3.02. The molecule has 3 aromatic rings. The van der Waals surface area contributed by atoms with Crippen LogP contribution in [0.4, 0.5) is 0 Å². The number of amides is 1. The quantitative estimate of drug-likeness (QED) is 0.658. The van der Waals surface area contributed by atoms with E-state index in [0.29, 0.717) is 5.75 Å². The fourth-order valence-corrected chi connectivity index (χ4v) is 2.68. The molecule has 26 heavy (non-hydrogen) atoms. The molecule has 1 aromatic heterocycles. The number of hydrogen-bond acceptors (Lipinski definition) is 5. The molecule has 0 bridgehead atoms. The van der Waals surface area contributed by atoms with Crippen molar-refractivity contribution in [3.05, 3.63) is 83.7 Å². The van der Waals surface area contributed by atoms with Crippen molar-refractivity contribution in [3.8, 4) is 17.2 Å². The first-order valence-electron chi connectivity index (χ1n) is 7.96. The van der Waals surface area contributed by atoms with E-state index in [0.717, 1.165) is 11.1 Å². The minimum absolute atomic E-state index is 0.167. The number of nitrogens with zero attached hydrogens (tertiary/aromatic N) is 1. The molecule has 6 nitrogen and oxygen atoms in total. The van der Waals surface area contributed by atoms with Gasteiger partial charge in [0.25, 0.3) is 5.91 Å². The molecule has 1 heterocycles. The van der Waals surface area contributed by atoms with Crippen LogP contribution in [0.3, 0.4) is 0 Å². The molecule has 0 saturated carbocycles. The van der Waals surface area contributed by atoms with Crippen LogP contribution in [0, 0.1) is 0 Å². The van der Waals surface area contributed by atoms with E-state index in [2.05, 4.69) is 10.3 Å². The number of aromatic hydroxyl groups is 2. The van der Waals surface area contributed by atoms with Gasteiger partial charge >= 0.3 is 0 Å². The zero-order chi connectivity index (χ0) is 18.5. The molecule has 0 spiro atoms. The van der Waals surface area contributed by atoms with Gasteiger partial charge in [0.05, 0.1) is 13.2 Å². The number of nitrogens with one attached hydrogen (secondary N) is 1. The lowest BCUT2D eigenvalue weighted by atomic mass is 9.98. The molecule has 0 aliphatic rings. The van der Waals surface area contributed by atoms with E-state index in [1.54, 1.807) is 43.8 Å². The highest BCUT2D eigenvalue weighted by atomic mass is 16.5. The fraction of sp³-hybridized carbons (Fsp3) is 0.100. The third-order valence-electron chi connectivity index (χ3n) is 4.01. The molecule has 3 rings (SSSR count). The summed E-state index contributed by atoms with van der Waals surface area (Å²) in [6.45, 7) is 0. The van der Waals surface area contributed by atoms with Crippen molar-refractivity contribution in [2.24, 2.45) is 0 Å². The normalized spacial score (nSPS) is 11.6. The summed E-state index contributed by atoms with van der Waals surface area (Å²) in [4.78, 5) is 16.7. The predicted molar refractivity (Wildman–Crippen MR) is 96.3 cm³/mol. The molecule has 0 aliphatic carbocycles. The number of carbonyl (C=O) groups is 1. The van der Waals surface area contributed by atoms with Crippen LogP contribution in [0.1, 0.15) is 27.5 Å². The minimum Gasteiger partial charge on any atom is -0.507 e. The summed E-state index contributed by atoms with van der Waals surface area (Å²) in [5.74, 6) is -0.457. The highest BCUT2D eigenvalue weighted by Gasteiger charge is 2.22. The van der Waals surface area contributed by atoms with Crippen LogP contribution in [0.2, 0.25) is 0 Å². The van der Waals surface area contributed by atoms with Crippen LogP contribution in [-0.4, -0.2) is 28.2 Å². The zero-order valence-electron chi connectivity index (χ0n) is 14.1. The Labute approximate surface area is 150 Å². The molecule has 132 valence electrons. The van der Waals surface area contributed by atoms with Gasteiger partial charge in [0.2, 0.25) is 0 Å². The number of hydrogen-bond donors (Lipinski definition) is 3. The van der Waals surface area contributed by atoms with Crippen molar-refractivity contribution in [1.82, 2.24) is 10.3 Å². The Balaban J connectivity index is 1.97. The first-order chi connectivity index (χ1) is 12.6. The van der Waals surface area contributed by atoms with Crippen molar-refractivity contribution in [2.75, 3.05) is 7.11 Å². The highest BCUT2D eigenvalue weighted by molar-refractivity contribution is 5.99. The second kappa shape index (κ2) is 7.57. The molecule has 0 saturated heterocycles. The number of pyridine rings is 1. The van der Waals surface area contributed by atoms with E-state index in [9.17, 15) is 15.0 Å². The van der Waals surface area contributed by atoms with E-state index in [1.807, 2.05) is 12.1 Å². The minimum atomic E-state index is -0.585. The van der Waals surface area contributed by atoms with E-state index in [-0.39, 0.29) is 17.1 Å². The van der Waals surface area contributed by atoms with Gasteiger partial charge in [-0.1, -0.05) is 18.2 Å². The van der Waals surface area contributed by atoms with Crippen molar-refractivity contribution in [3.63, 3.8) is 0 Å². The fourth-order valence-electron chi connectivity index (χ4n) is 2.68. The Kier molecular flexibility index (Phi) is 5.03. The van der Waals surface area contributed by atoms with Crippen LogP contribution >= 0.6 is 0 Å². The molecule has 6 heteroatoms. The Bertz CT molecular complexity index is 875. The molecule has 2 aromatic carbocycles. The maximum atomic E-state index is 12.7. The van der Waals surface area contributed by atoms with Crippen molar-refractivity contribution < 1.29 is 19.7 Å². The number of methoxy groups -OCH3 is 1. The van der Waals surface area contributed by atoms with Crippen LogP contribution < -0.4 is 10.1 Å². The summed E-state index contributed by atoms with van der Waals surface area (Å²) in [7, 11) is 1.58. The SMILES string of the molecule is COc1ccc([C@H](NC(=O)c2c(O)cccc2O)c2ccncc2)cc1. The van der Waals surface area contributed by atoms with E-state index in [4.69, 9.17) is 4.74 Å². The Hall–Kier alpha value is -3.54. The monoisotopic (exact) mass is 350 g/mol. The molecule has 0 fully saturated rings. The van der Waals surface area contributed by atoms with Crippen LogP contribution in [-0.2, 0) is 0 Å². The average molecular weight is 350 g/mol. The molecule has 1 atom stereocenters. The van der Waals surface area contributed by atoms with Gasteiger partial charge in [-0.3, -0.25) is 9.78 Å².